The Hall–Kier alpha value is -2.51. The van der Waals surface area contributed by atoms with Crippen LogP contribution in [0.1, 0.15) is 23.9 Å². The molecule has 0 aliphatic heterocycles. The molecule has 0 unspecified atom stereocenters. The van der Waals surface area contributed by atoms with Crippen molar-refractivity contribution in [1.82, 2.24) is 14.8 Å². The van der Waals surface area contributed by atoms with Crippen molar-refractivity contribution in [3.63, 3.8) is 0 Å². The van der Waals surface area contributed by atoms with Crippen molar-refractivity contribution in [1.29, 1.82) is 0 Å². The Balaban J connectivity index is 1.60. The van der Waals surface area contributed by atoms with E-state index in [-0.39, 0.29) is 18.3 Å². The van der Waals surface area contributed by atoms with Crippen molar-refractivity contribution >= 4 is 35.0 Å². The van der Waals surface area contributed by atoms with Crippen LogP contribution in [0.2, 0.25) is 5.02 Å². The number of benzene rings is 2. The molecule has 1 amide bonds. The molecule has 152 valence electrons. The number of halogens is 1. The van der Waals surface area contributed by atoms with Gasteiger partial charge in [0.25, 0.3) is 0 Å². The van der Waals surface area contributed by atoms with E-state index < -0.39 is 0 Å². The topological polar surface area (TPSA) is 69.0 Å². The lowest BCUT2D eigenvalue weighted by Gasteiger charge is -2.10. The maximum absolute atomic E-state index is 12.3. The summed E-state index contributed by atoms with van der Waals surface area (Å²) in [6.45, 7) is 6.90. The summed E-state index contributed by atoms with van der Waals surface area (Å²) in [6, 6.07) is 13.3. The molecule has 0 spiro atoms. The van der Waals surface area contributed by atoms with Gasteiger partial charge in [0.1, 0.15) is 12.4 Å². The van der Waals surface area contributed by atoms with Gasteiger partial charge in [0, 0.05) is 12.2 Å². The second kappa shape index (κ2) is 9.80. The number of nitrogens with one attached hydrogen (secondary N) is 1. The highest BCUT2D eigenvalue weighted by atomic mass is 35.5. The van der Waals surface area contributed by atoms with Gasteiger partial charge in [-0.1, -0.05) is 41.6 Å². The van der Waals surface area contributed by atoms with Crippen molar-refractivity contribution in [2.24, 2.45) is 0 Å². The van der Waals surface area contributed by atoms with E-state index in [4.69, 9.17) is 16.3 Å². The molecular formula is C21H23ClN4O2S. The Labute approximate surface area is 179 Å². The molecule has 0 fully saturated rings. The van der Waals surface area contributed by atoms with E-state index in [2.05, 4.69) is 15.5 Å². The van der Waals surface area contributed by atoms with Crippen LogP contribution in [-0.4, -0.2) is 26.4 Å². The normalized spacial score (nSPS) is 10.8. The SMILES string of the molecule is CCn1c(COc2cc(C)ccc2Cl)nnc1SCC(=O)Nc1cccc(C)c1. The predicted octanol–water partition coefficient (Wildman–Crippen LogP) is 4.88. The van der Waals surface area contributed by atoms with Crippen LogP contribution in [0.5, 0.6) is 5.75 Å². The average Bonchev–Trinajstić information content (AvgIpc) is 3.09. The second-order valence-electron chi connectivity index (χ2n) is 6.57. The summed E-state index contributed by atoms with van der Waals surface area (Å²) in [6.07, 6.45) is 0. The van der Waals surface area contributed by atoms with Crippen LogP contribution in [0.4, 0.5) is 5.69 Å². The molecule has 1 heterocycles. The first-order chi connectivity index (χ1) is 14.0. The molecule has 0 radical (unpaired) electrons. The second-order valence-corrected chi connectivity index (χ2v) is 7.92. The standard InChI is InChI=1S/C21H23ClN4O2S/c1-4-26-19(12-28-18-11-15(3)8-9-17(18)22)24-25-21(26)29-13-20(27)23-16-7-5-6-14(2)10-16/h5-11H,4,12-13H2,1-3H3,(H,23,27). The molecule has 1 N–H and O–H groups in total. The fourth-order valence-electron chi connectivity index (χ4n) is 2.76. The smallest absolute Gasteiger partial charge is 0.234 e. The summed E-state index contributed by atoms with van der Waals surface area (Å²) in [7, 11) is 0. The summed E-state index contributed by atoms with van der Waals surface area (Å²) < 4.78 is 7.77. The third-order valence-electron chi connectivity index (χ3n) is 4.19. The van der Waals surface area contributed by atoms with Crippen molar-refractivity contribution in [2.75, 3.05) is 11.1 Å². The van der Waals surface area contributed by atoms with Crippen LogP contribution < -0.4 is 10.1 Å². The molecule has 3 rings (SSSR count). The van der Waals surface area contributed by atoms with Gasteiger partial charge in [-0.2, -0.15) is 0 Å². The summed E-state index contributed by atoms with van der Waals surface area (Å²) in [4.78, 5) is 12.3. The zero-order chi connectivity index (χ0) is 20.8. The van der Waals surface area contributed by atoms with Crippen LogP contribution in [0, 0.1) is 13.8 Å². The van der Waals surface area contributed by atoms with Crippen LogP contribution in [0.15, 0.2) is 47.6 Å². The highest BCUT2D eigenvalue weighted by Gasteiger charge is 2.14. The highest BCUT2D eigenvalue weighted by Crippen LogP contribution is 2.26. The lowest BCUT2D eigenvalue weighted by atomic mass is 10.2. The number of aryl methyl sites for hydroxylation is 2. The van der Waals surface area contributed by atoms with Gasteiger partial charge in [-0.3, -0.25) is 4.79 Å². The van der Waals surface area contributed by atoms with E-state index in [9.17, 15) is 4.79 Å². The molecule has 0 bridgehead atoms. The summed E-state index contributed by atoms with van der Waals surface area (Å²) in [5.41, 5.74) is 2.95. The van der Waals surface area contributed by atoms with E-state index in [0.717, 1.165) is 16.8 Å². The maximum Gasteiger partial charge on any atom is 0.234 e. The van der Waals surface area contributed by atoms with Crippen molar-refractivity contribution < 1.29 is 9.53 Å². The molecule has 1 aromatic heterocycles. The van der Waals surface area contributed by atoms with E-state index in [1.807, 2.05) is 67.8 Å². The van der Waals surface area contributed by atoms with Gasteiger partial charge in [-0.15, -0.1) is 10.2 Å². The molecular weight excluding hydrogens is 408 g/mol. The van der Waals surface area contributed by atoms with Crippen LogP contribution in [0.25, 0.3) is 0 Å². The number of carbonyl (C=O) groups is 1. The van der Waals surface area contributed by atoms with Gasteiger partial charge in [0.05, 0.1) is 10.8 Å². The highest BCUT2D eigenvalue weighted by molar-refractivity contribution is 7.99. The monoisotopic (exact) mass is 430 g/mol. The van der Waals surface area contributed by atoms with Crippen molar-refractivity contribution in [3.8, 4) is 5.75 Å². The number of hydrogen-bond acceptors (Lipinski definition) is 5. The molecule has 0 saturated heterocycles. The number of hydrogen-bond donors (Lipinski definition) is 1. The molecule has 8 heteroatoms. The summed E-state index contributed by atoms with van der Waals surface area (Å²) in [5.74, 6) is 1.46. The van der Waals surface area contributed by atoms with E-state index in [0.29, 0.717) is 28.3 Å². The minimum atomic E-state index is -0.0874. The summed E-state index contributed by atoms with van der Waals surface area (Å²) >= 11 is 7.53. The molecule has 0 aliphatic rings. The number of anilines is 1. The van der Waals surface area contributed by atoms with E-state index in [1.165, 1.54) is 11.8 Å². The minimum absolute atomic E-state index is 0.0874. The quantitative estimate of drug-likeness (QED) is 0.516. The number of nitrogens with zero attached hydrogens (tertiary/aromatic N) is 3. The predicted molar refractivity (Wildman–Crippen MR) is 117 cm³/mol. The molecule has 0 aliphatic carbocycles. The number of ether oxygens (including phenoxy) is 1. The number of thioether (sulfide) groups is 1. The Morgan fingerprint density at radius 3 is 2.72 bits per heavy atom. The molecule has 29 heavy (non-hydrogen) atoms. The van der Waals surface area contributed by atoms with E-state index >= 15 is 0 Å². The Kier molecular flexibility index (Phi) is 7.17. The largest absolute Gasteiger partial charge is 0.484 e. The minimum Gasteiger partial charge on any atom is -0.484 e. The lowest BCUT2D eigenvalue weighted by Crippen LogP contribution is -2.15. The Bertz CT molecular complexity index is 1010. The number of aromatic nitrogens is 3. The van der Waals surface area contributed by atoms with Crippen LogP contribution in [0.3, 0.4) is 0 Å². The Morgan fingerprint density at radius 1 is 1.17 bits per heavy atom. The van der Waals surface area contributed by atoms with Gasteiger partial charge in [-0.25, -0.2) is 0 Å². The molecule has 6 nitrogen and oxygen atoms in total. The molecule has 2 aromatic carbocycles. The maximum atomic E-state index is 12.3. The molecule has 0 saturated carbocycles. The third kappa shape index (κ3) is 5.74. The zero-order valence-corrected chi connectivity index (χ0v) is 18.2. The molecule has 0 atom stereocenters. The van der Waals surface area contributed by atoms with Crippen molar-refractivity contribution in [2.45, 2.75) is 39.1 Å². The van der Waals surface area contributed by atoms with Crippen molar-refractivity contribution in [3.05, 3.63) is 64.4 Å². The first kappa shape index (κ1) is 21.2. The third-order valence-corrected chi connectivity index (χ3v) is 5.47. The van der Waals surface area contributed by atoms with E-state index in [1.54, 1.807) is 0 Å². The van der Waals surface area contributed by atoms with Gasteiger partial charge in [0.15, 0.2) is 11.0 Å². The average molecular weight is 431 g/mol. The van der Waals surface area contributed by atoms with Gasteiger partial charge < -0.3 is 14.6 Å². The number of carbonyl (C=O) groups excluding carboxylic acids is 1. The number of amides is 1. The zero-order valence-electron chi connectivity index (χ0n) is 16.6. The summed E-state index contributed by atoms with van der Waals surface area (Å²) in [5, 5.41) is 12.6. The fraction of sp³-hybridized carbons (Fsp3) is 0.286. The first-order valence-electron chi connectivity index (χ1n) is 9.26. The van der Waals surface area contributed by atoms with Gasteiger partial charge >= 0.3 is 0 Å². The van der Waals surface area contributed by atoms with Gasteiger partial charge in [-0.05, 0) is 56.2 Å². The van der Waals surface area contributed by atoms with Crippen LogP contribution >= 0.6 is 23.4 Å². The molecule has 3 aromatic rings. The fourth-order valence-corrected chi connectivity index (χ4v) is 3.76. The van der Waals surface area contributed by atoms with Gasteiger partial charge in [0.2, 0.25) is 5.91 Å². The Morgan fingerprint density at radius 2 is 1.97 bits per heavy atom. The lowest BCUT2D eigenvalue weighted by molar-refractivity contribution is -0.113. The first-order valence-corrected chi connectivity index (χ1v) is 10.6. The van der Waals surface area contributed by atoms with Crippen LogP contribution in [-0.2, 0) is 17.9 Å². The number of rotatable bonds is 8.